The summed E-state index contributed by atoms with van der Waals surface area (Å²) in [5.74, 6) is -1.32. The second-order valence-corrected chi connectivity index (χ2v) is 3.83. The summed E-state index contributed by atoms with van der Waals surface area (Å²) in [4.78, 5) is 26.0. The second kappa shape index (κ2) is 3.09. The van der Waals surface area contributed by atoms with Crippen LogP contribution < -0.4 is 15.3 Å². The van der Waals surface area contributed by atoms with Crippen molar-refractivity contribution in [1.82, 2.24) is 4.58 Å². The molecular weight excluding hydrogens is 248 g/mol. The molecule has 4 nitrogen and oxygen atoms in total. The zero-order chi connectivity index (χ0) is 10.3. The first-order valence-electron chi connectivity index (χ1n) is 3.93. The summed E-state index contributed by atoms with van der Waals surface area (Å²) in [5.41, 5.74) is 0. The molecule has 0 bridgehead atoms. The number of carbonyl (C=O) groups is 2. The van der Waals surface area contributed by atoms with Gasteiger partial charge in [-0.05, 0) is 12.1 Å². The van der Waals surface area contributed by atoms with Crippen LogP contribution in [0, 0.1) is 0 Å². The van der Waals surface area contributed by atoms with E-state index in [0.717, 1.165) is 4.47 Å². The molecule has 2 amide bonds. The van der Waals surface area contributed by atoms with Gasteiger partial charge in [-0.15, -0.1) is 0 Å². The van der Waals surface area contributed by atoms with Gasteiger partial charge in [0.15, 0.2) is 0 Å². The van der Waals surface area contributed by atoms with E-state index in [2.05, 4.69) is 20.9 Å². The largest absolute Gasteiger partial charge is 0.479 e. The number of rotatable bonds is 0. The molecule has 1 aliphatic heterocycles. The van der Waals surface area contributed by atoms with Gasteiger partial charge >= 0.3 is 11.8 Å². The number of nitrogens with zero attached hydrogens (tertiary/aromatic N) is 2. The van der Waals surface area contributed by atoms with Crippen LogP contribution in [0.5, 0.6) is 0 Å². The monoisotopic (exact) mass is 253 g/mol. The average molecular weight is 254 g/mol. The van der Waals surface area contributed by atoms with E-state index in [1.54, 1.807) is 25.2 Å². The standard InChI is InChI=1S/C9H6BrN2O2/c1-12-7-4-5(10)2-3-6(7)11-8(13)9(12)14/h2-4H,1H3/q+1. The van der Waals surface area contributed by atoms with Crippen molar-refractivity contribution in [1.29, 1.82) is 0 Å². The predicted octanol–water partition coefficient (Wildman–Crippen LogP) is -0.744. The normalized spacial score (nSPS) is 15.1. The van der Waals surface area contributed by atoms with Crippen molar-refractivity contribution in [3.63, 3.8) is 0 Å². The van der Waals surface area contributed by atoms with E-state index in [1.807, 2.05) is 0 Å². The Morgan fingerprint density at radius 1 is 1.36 bits per heavy atom. The lowest BCUT2D eigenvalue weighted by Gasteiger charge is -1.97. The molecule has 0 aromatic heterocycles. The van der Waals surface area contributed by atoms with Crippen LogP contribution in [-0.4, -0.2) is 18.9 Å². The maximum Gasteiger partial charge on any atom is 0.479 e. The van der Waals surface area contributed by atoms with Crippen molar-refractivity contribution in [2.75, 3.05) is 7.05 Å². The molecule has 14 heavy (non-hydrogen) atoms. The van der Waals surface area contributed by atoms with Gasteiger partial charge in [0, 0.05) is 10.5 Å². The maximum atomic E-state index is 11.3. The molecule has 0 radical (unpaired) electrons. The van der Waals surface area contributed by atoms with E-state index >= 15 is 0 Å². The lowest BCUT2D eigenvalue weighted by atomic mass is 10.3. The first-order chi connectivity index (χ1) is 6.59. The highest BCUT2D eigenvalue weighted by Crippen LogP contribution is 2.01. The molecule has 1 aromatic rings. The van der Waals surface area contributed by atoms with Crippen molar-refractivity contribution in [2.24, 2.45) is 4.99 Å². The summed E-state index contributed by atoms with van der Waals surface area (Å²) in [6.07, 6.45) is 0. The van der Waals surface area contributed by atoms with Gasteiger partial charge < -0.3 is 0 Å². The summed E-state index contributed by atoms with van der Waals surface area (Å²) < 4.78 is 2.15. The van der Waals surface area contributed by atoms with Gasteiger partial charge in [-0.2, -0.15) is 9.57 Å². The lowest BCUT2D eigenvalue weighted by molar-refractivity contribution is -0.138. The third-order valence-corrected chi connectivity index (χ3v) is 2.50. The molecule has 0 saturated heterocycles. The van der Waals surface area contributed by atoms with Gasteiger partial charge in [0.2, 0.25) is 5.36 Å². The third kappa shape index (κ3) is 1.29. The molecule has 1 aliphatic rings. The Morgan fingerprint density at radius 3 is 2.79 bits per heavy atom. The number of benzene rings is 1. The van der Waals surface area contributed by atoms with Crippen LogP contribution in [0.4, 0.5) is 0 Å². The minimum atomic E-state index is -0.720. The average Bonchev–Trinajstić information content (AvgIpc) is 2.16. The van der Waals surface area contributed by atoms with Crippen LogP contribution in [0.3, 0.4) is 0 Å². The van der Waals surface area contributed by atoms with E-state index in [-0.39, 0.29) is 0 Å². The molecule has 0 spiro atoms. The molecular formula is C9H6BrN2O2+. The molecule has 1 heterocycles. The Bertz CT molecular complexity index is 563. The Labute approximate surface area is 87.7 Å². The number of fused-ring (bicyclic) bond motifs is 1. The highest BCUT2D eigenvalue weighted by atomic mass is 79.9. The number of halogens is 1. The molecule has 0 fully saturated rings. The van der Waals surface area contributed by atoms with Crippen LogP contribution in [0.15, 0.2) is 27.7 Å². The van der Waals surface area contributed by atoms with E-state index in [9.17, 15) is 9.59 Å². The van der Waals surface area contributed by atoms with Crippen molar-refractivity contribution < 1.29 is 9.59 Å². The summed E-state index contributed by atoms with van der Waals surface area (Å²) in [5, 5.41) is 1.17. The van der Waals surface area contributed by atoms with E-state index in [4.69, 9.17) is 0 Å². The quantitative estimate of drug-likeness (QED) is 0.452. The Hall–Kier alpha value is -1.36. The summed E-state index contributed by atoms with van der Waals surface area (Å²) in [6.45, 7) is 0. The van der Waals surface area contributed by atoms with E-state index in [1.165, 1.54) is 4.58 Å². The van der Waals surface area contributed by atoms with Crippen molar-refractivity contribution in [3.8, 4) is 0 Å². The first kappa shape index (κ1) is 9.21. The molecule has 0 aliphatic carbocycles. The second-order valence-electron chi connectivity index (χ2n) is 2.91. The molecule has 1 aromatic carbocycles. The summed E-state index contributed by atoms with van der Waals surface area (Å²) >= 11 is 3.29. The van der Waals surface area contributed by atoms with Crippen molar-refractivity contribution >= 4 is 27.7 Å². The minimum absolute atomic E-state index is 0.528. The maximum absolute atomic E-state index is 11.3. The number of likely N-dealkylation sites (N-methyl/N-ethyl adjacent to an activating group) is 1. The summed E-state index contributed by atoms with van der Waals surface area (Å²) in [6, 6.07) is 5.22. The highest BCUT2D eigenvalue weighted by molar-refractivity contribution is 9.10. The van der Waals surface area contributed by atoms with Crippen molar-refractivity contribution in [3.05, 3.63) is 33.4 Å². The van der Waals surface area contributed by atoms with Gasteiger partial charge in [0.25, 0.3) is 0 Å². The Morgan fingerprint density at radius 2 is 2.07 bits per heavy atom. The fourth-order valence-electron chi connectivity index (χ4n) is 1.27. The SMILES string of the molecule is C[N+]1=c2cc(Br)ccc2=NC(=O)C1=O. The number of hydrogen-bond acceptors (Lipinski definition) is 2. The lowest BCUT2D eigenvalue weighted by Crippen LogP contribution is -2.48. The van der Waals surface area contributed by atoms with Gasteiger partial charge in [0.1, 0.15) is 12.4 Å². The van der Waals surface area contributed by atoms with Crippen LogP contribution in [-0.2, 0) is 9.59 Å². The van der Waals surface area contributed by atoms with Crippen LogP contribution in [0.25, 0.3) is 0 Å². The molecule has 2 rings (SSSR count). The topological polar surface area (TPSA) is 49.5 Å². The predicted molar refractivity (Wildman–Crippen MR) is 52.1 cm³/mol. The molecule has 0 saturated carbocycles. The number of carbonyl (C=O) groups excluding carboxylic acids is 2. The summed E-state index contributed by atoms with van der Waals surface area (Å²) in [7, 11) is 1.56. The number of hydrogen-bond donors (Lipinski definition) is 0. The Balaban J connectivity index is 2.95. The first-order valence-corrected chi connectivity index (χ1v) is 4.72. The van der Waals surface area contributed by atoms with Gasteiger partial charge in [-0.25, -0.2) is 4.79 Å². The fourth-order valence-corrected chi connectivity index (χ4v) is 1.62. The zero-order valence-electron chi connectivity index (χ0n) is 7.32. The molecule has 70 valence electrons. The van der Waals surface area contributed by atoms with Crippen LogP contribution in [0.2, 0.25) is 0 Å². The molecule has 0 unspecified atom stereocenters. The molecule has 0 atom stereocenters. The van der Waals surface area contributed by atoms with Gasteiger partial charge in [-0.1, -0.05) is 15.9 Å². The smallest absolute Gasteiger partial charge is 0.255 e. The zero-order valence-corrected chi connectivity index (χ0v) is 8.91. The van der Waals surface area contributed by atoms with E-state index < -0.39 is 11.8 Å². The van der Waals surface area contributed by atoms with Gasteiger partial charge in [-0.3, -0.25) is 4.79 Å². The Kier molecular flexibility index (Phi) is 2.03. The molecule has 5 heteroatoms. The van der Waals surface area contributed by atoms with Gasteiger partial charge in [0.05, 0.1) is 0 Å². The van der Waals surface area contributed by atoms with Crippen LogP contribution >= 0.6 is 15.9 Å². The minimum Gasteiger partial charge on any atom is -0.255 e. The van der Waals surface area contributed by atoms with Crippen molar-refractivity contribution in [2.45, 2.75) is 0 Å². The third-order valence-electron chi connectivity index (χ3n) is 2.01. The van der Waals surface area contributed by atoms with Crippen LogP contribution in [0.1, 0.15) is 0 Å². The van der Waals surface area contributed by atoms with E-state index in [0.29, 0.717) is 10.7 Å². The fraction of sp³-hybridized carbons (Fsp3) is 0.111. The highest BCUT2D eigenvalue weighted by Gasteiger charge is 2.27. The molecule has 0 N–H and O–H groups in total. The number of amides is 2.